The van der Waals surface area contributed by atoms with E-state index in [1.807, 2.05) is 12.1 Å². The Bertz CT molecular complexity index is 599. The molecule has 0 aliphatic heterocycles. The molecule has 2 aromatic rings. The summed E-state index contributed by atoms with van der Waals surface area (Å²) in [6.45, 7) is 0. The van der Waals surface area contributed by atoms with Crippen molar-refractivity contribution in [1.29, 1.82) is 0 Å². The molecule has 6 heteroatoms. The largest absolute Gasteiger partial charge is 0.450 e. The maximum Gasteiger partial charge on any atom is 0.334 e. The lowest BCUT2D eigenvalue weighted by molar-refractivity contribution is -0.384. The van der Waals surface area contributed by atoms with Gasteiger partial charge < -0.3 is 10.1 Å². The number of nitro benzene ring substituents is 1. The molecule has 0 amide bonds. The fourth-order valence-corrected chi connectivity index (χ4v) is 1.98. The summed E-state index contributed by atoms with van der Waals surface area (Å²) < 4.78 is 6.66. The van der Waals surface area contributed by atoms with E-state index in [-0.39, 0.29) is 11.4 Å². The van der Waals surface area contributed by atoms with Crippen LogP contribution < -0.4 is 10.1 Å². The smallest absolute Gasteiger partial charge is 0.334 e. The zero-order valence-electron chi connectivity index (χ0n) is 10.1. The molecule has 0 atom stereocenters. The van der Waals surface area contributed by atoms with Gasteiger partial charge in [-0.1, -0.05) is 6.07 Å². The van der Waals surface area contributed by atoms with Gasteiger partial charge in [0.25, 0.3) is 0 Å². The van der Waals surface area contributed by atoms with Crippen molar-refractivity contribution in [3.63, 3.8) is 0 Å². The van der Waals surface area contributed by atoms with Crippen LogP contribution in [0.15, 0.2) is 42.5 Å². The molecule has 0 aliphatic rings. The van der Waals surface area contributed by atoms with Crippen molar-refractivity contribution in [2.45, 2.75) is 0 Å². The van der Waals surface area contributed by atoms with Crippen LogP contribution in [-0.2, 0) is 0 Å². The first-order valence-corrected chi connectivity index (χ1v) is 6.58. The van der Waals surface area contributed by atoms with Crippen LogP contribution in [0, 0.1) is 13.7 Å². The Labute approximate surface area is 123 Å². The van der Waals surface area contributed by atoms with Crippen molar-refractivity contribution >= 4 is 34.0 Å². The lowest BCUT2D eigenvalue weighted by Crippen LogP contribution is -1.99. The van der Waals surface area contributed by atoms with Crippen LogP contribution in [0.4, 0.5) is 11.4 Å². The zero-order valence-corrected chi connectivity index (χ0v) is 12.2. The van der Waals surface area contributed by atoms with Crippen molar-refractivity contribution in [3.05, 3.63) is 56.1 Å². The van der Waals surface area contributed by atoms with E-state index in [0.29, 0.717) is 11.4 Å². The molecule has 1 N–H and O–H groups in total. The van der Waals surface area contributed by atoms with Crippen LogP contribution in [0.3, 0.4) is 0 Å². The lowest BCUT2D eigenvalue weighted by Gasteiger charge is -2.09. The summed E-state index contributed by atoms with van der Waals surface area (Å²) in [5.41, 5.74) is 0.358. The van der Waals surface area contributed by atoms with Crippen LogP contribution in [0.1, 0.15) is 0 Å². The number of nitrogens with one attached hydrogen (secondary N) is 1. The maximum atomic E-state index is 11.1. The first kappa shape index (κ1) is 13.6. The van der Waals surface area contributed by atoms with Gasteiger partial charge in [0.1, 0.15) is 11.4 Å². The molecule has 19 heavy (non-hydrogen) atoms. The van der Waals surface area contributed by atoms with Crippen molar-refractivity contribution in [1.82, 2.24) is 0 Å². The number of anilines is 1. The van der Waals surface area contributed by atoms with Crippen LogP contribution in [-0.4, -0.2) is 12.0 Å². The van der Waals surface area contributed by atoms with E-state index in [4.69, 9.17) is 4.74 Å². The summed E-state index contributed by atoms with van der Waals surface area (Å²) in [5, 5.41) is 13.9. The number of benzene rings is 2. The second-order valence-electron chi connectivity index (χ2n) is 3.72. The SMILES string of the molecule is CNc1cccc(Oc2ccc(I)cc2)c1[N+](=O)[O-]. The molecular weight excluding hydrogens is 359 g/mol. The first-order valence-electron chi connectivity index (χ1n) is 5.50. The fraction of sp³-hybridized carbons (Fsp3) is 0.0769. The Kier molecular flexibility index (Phi) is 4.20. The second-order valence-corrected chi connectivity index (χ2v) is 4.96. The van der Waals surface area contributed by atoms with Crippen molar-refractivity contribution in [2.24, 2.45) is 0 Å². The monoisotopic (exact) mass is 370 g/mol. The van der Waals surface area contributed by atoms with Crippen LogP contribution in [0.25, 0.3) is 0 Å². The molecule has 0 saturated heterocycles. The van der Waals surface area contributed by atoms with E-state index in [0.717, 1.165) is 3.57 Å². The molecule has 0 radical (unpaired) electrons. The molecular formula is C13H11IN2O3. The van der Waals surface area contributed by atoms with Gasteiger partial charge in [0, 0.05) is 10.6 Å². The van der Waals surface area contributed by atoms with Gasteiger partial charge in [-0.15, -0.1) is 0 Å². The van der Waals surface area contributed by atoms with E-state index >= 15 is 0 Å². The zero-order chi connectivity index (χ0) is 13.8. The Morgan fingerprint density at radius 3 is 2.47 bits per heavy atom. The minimum atomic E-state index is -0.451. The highest BCUT2D eigenvalue weighted by molar-refractivity contribution is 14.1. The first-order chi connectivity index (χ1) is 9.11. The van der Waals surface area contributed by atoms with Gasteiger partial charge in [0.2, 0.25) is 5.75 Å². The van der Waals surface area contributed by atoms with Crippen LogP contribution in [0.2, 0.25) is 0 Å². The van der Waals surface area contributed by atoms with E-state index in [2.05, 4.69) is 27.9 Å². The molecule has 2 rings (SSSR count). The normalized spacial score (nSPS) is 10.0. The van der Waals surface area contributed by atoms with Gasteiger partial charge in [-0.3, -0.25) is 10.1 Å². The molecule has 0 bridgehead atoms. The van der Waals surface area contributed by atoms with Crippen molar-refractivity contribution < 1.29 is 9.66 Å². The highest BCUT2D eigenvalue weighted by atomic mass is 127. The fourth-order valence-electron chi connectivity index (χ4n) is 1.62. The number of ether oxygens (including phenoxy) is 1. The Hall–Kier alpha value is -1.83. The molecule has 0 heterocycles. The maximum absolute atomic E-state index is 11.1. The van der Waals surface area contributed by atoms with E-state index in [1.54, 1.807) is 37.4 Å². The molecule has 0 fully saturated rings. The van der Waals surface area contributed by atoms with Gasteiger partial charge in [0.05, 0.1) is 4.92 Å². The summed E-state index contributed by atoms with van der Waals surface area (Å²) in [4.78, 5) is 10.7. The number of rotatable bonds is 4. The summed E-state index contributed by atoms with van der Waals surface area (Å²) in [7, 11) is 1.64. The number of halogens is 1. The van der Waals surface area contributed by atoms with Gasteiger partial charge in [0.15, 0.2) is 0 Å². The van der Waals surface area contributed by atoms with Crippen LogP contribution >= 0.6 is 22.6 Å². The van der Waals surface area contributed by atoms with E-state index < -0.39 is 4.92 Å². The third kappa shape index (κ3) is 3.14. The molecule has 0 aliphatic carbocycles. The molecule has 0 saturated carbocycles. The third-order valence-corrected chi connectivity index (χ3v) is 3.21. The number of hydrogen-bond acceptors (Lipinski definition) is 4. The predicted molar refractivity (Wildman–Crippen MR) is 81.9 cm³/mol. The minimum Gasteiger partial charge on any atom is -0.450 e. The van der Waals surface area contributed by atoms with Crippen molar-refractivity contribution in [3.8, 4) is 11.5 Å². The quantitative estimate of drug-likeness (QED) is 0.501. The Balaban J connectivity index is 2.39. The highest BCUT2D eigenvalue weighted by Gasteiger charge is 2.20. The number of hydrogen-bond donors (Lipinski definition) is 1. The molecule has 0 aromatic heterocycles. The van der Waals surface area contributed by atoms with Gasteiger partial charge in [-0.05, 0) is 59.0 Å². The molecule has 0 unspecified atom stereocenters. The molecule has 0 spiro atoms. The molecule has 98 valence electrons. The summed E-state index contributed by atoms with van der Waals surface area (Å²) in [6, 6.07) is 12.2. The lowest BCUT2D eigenvalue weighted by atomic mass is 10.2. The Morgan fingerprint density at radius 1 is 1.21 bits per heavy atom. The topological polar surface area (TPSA) is 64.4 Å². The molecule has 2 aromatic carbocycles. The number of para-hydroxylation sites is 1. The summed E-state index contributed by atoms with van der Waals surface area (Å²) >= 11 is 2.18. The molecule has 5 nitrogen and oxygen atoms in total. The van der Waals surface area contributed by atoms with E-state index in [1.165, 1.54) is 0 Å². The highest BCUT2D eigenvalue weighted by Crippen LogP contribution is 2.37. The third-order valence-electron chi connectivity index (χ3n) is 2.49. The van der Waals surface area contributed by atoms with Gasteiger partial charge >= 0.3 is 5.69 Å². The Morgan fingerprint density at radius 2 is 1.89 bits per heavy atom. The number of nitro groups is 1. The summed E-state index contributed by atoms with van der Waals surface area (Å²) in [6.07, 6.45) is 0. The average molecular weight is 370 g/mol. The predicted octanol–water partition coefficient (Wildman–Crippen LogP) is 4.03. The minimum absolute atomic E-state index is 0.0662. The van der Waals surface area contributed by atoms with E-state index in [9.17, 15) is 10.1 Å². The second kappa shape index (κ2) is 5.87. The standard InChI is InChI=1S/C13H11IN2O3/c1-15-11-3-2-4-12(13(11)16(17)18)19-10-7-5-9(14)6-8-10/h2-8,15H,1H3. The van der Waals surface area contributed by atoms with Crippen LogP contribution in [0.5, 0.6) is 11.5 Å². The number of nitrogens with zero attached hydrogens (tertiary/aromatic N) is 1. The summed E-state index contributed by atoms with van der Waals surface area (Å²) in [5.74, 6) is 0.787. The van der Waals surface area contributed by atoms with Gasteiger partial charge in [-0.25, -0.2) is 0 Å². The average Bonchev–Trinajstić information content (AvgIpc) is 2.40. The van der Waals surface area contributed by atoms with Crippen molar-refractivity contribution in [2.75, 3.05) is 12.4 Å². The van der Waals surface area contributed by atoms with Gasteiger partial charge in [-0.2, -0.15) is 0 Å².